The number of carbonyl (C=O) groups is 2. The van der Waals surface area contributed by atoms with Crippen LogP contribution < -0.4 is 5.32 Å². The topological polar surface area (TPSA) is 78.7 Å². The normalized spacial score (nSPS) is 29.2. The minimum Gasteiger partial charge on any atom is -0.361 e. The molecule has 126 valence electrons. The van der Waals surface area contributed by atoms with E-state index in [1.54, 1.807) is 0 Å². The van der Waals surface area contributed by atoms with Gasteiger partial charge in [-0.25, -0.2) is 4.79 Å². The molecule has 0 aromatic carbocycles. The molecule has 3 rings (SSSR count). The predicted octanol–water partition coefficient (Wildman–Crippen LogP) is 1.44. The molecule has 3 heterocycles. The van der Waals surface area contributed by atoms with E-state index in [1.807, 2.05) is 20.8 Å². The molecule has 1 N–H and O–H groups in total. The van der Waals surface area contributed by atoms with Crippen molar-refractivity contribution in [2.45, 2.75) is 45.7 Å². The second-order valence-electron chi connectivity index (χ2n) is 6.87. The summed E-state index contributed by atoms with van der Waals surface area (Å²) in [6, 6.07) is -0.305. The fourth-order valence-corrected chi connectivity index (χ4v) is 3.70. The fourth-order valence-electron chi connectivity index (χ4n) is 3.70. The lowest BCUT2D eigenvalue weighted by molar-refractivity contribution is -0.132. The van der Waals surface area contributed by atoms with Crippen molar-refractivity contribution in [3.8, 4) is 0 Å². The molecule has 23 heavy (non-hydrogen) atoms. The Balaban J connectivity index is 1.74. The Morgan fingerprint density at radius 3 is 2.70 bits per heavy atom. The van der Waals surface area contributed by atoms with E-state index in [-0.39, 0.29) is 17.9 Å². The zero-order valence-corrected chi connectivity index (χ0v) is 14.2. The van der Waals surface area contributed by atoms with Crippen molar-refractivity contribution < 1.29 is 14.1 Å². The maximum Gasteiger partial charge on any atom is 0.324 e. The molecule has 0 radical (unpaired) electrons. The molecule has 2 aliphatic rings. The van der Waals surface area contributed by atoms with Crippen LogP contribution in [0.1, 0.15) is 36.8 Å². The van der Waals surface area contributed by atoms with E-state index in [9.17, 15) is 9.59 Å². The molecule has 0 bridgehead atoms. The number of nitrogens with one attached hydrogen (secondary N) is 1. The van der Waals surface area contributed by atoms with Gasteiger partial charge in [-0.05, 0) is 40.2 Å². The molecule has 0 aliphatic carbocycles. The van der Waals surface area contributed by atoms with Gasteiger partial charge in [0.2, 0.25) is 0 Å². The number of likely N-dealkylation sites (tertiary alicyclic amines) is 1. The number of rotatable bonds is 3. The first kappa shape index (κ1) is 16.0. The molecule has 2 aliphatic heterocycles. The Labute approximate surface area is 136 Å². The van der Waals surface area contributed by atoms with Crippen molar-refractivity contribution in [3.05, 3.63) is 17.0 Å². The Morgan fingerprint density at radius 1 is 1.39 bits per heavy atom. The molecule has 7 heteroatoms. The zero-order chi connectivity index (χ0) is 16.8. The van der Waals surface area contributed by atoms with Gasteiger partial charge in [-0.1, -0.05) is 5.16 Å². The van der Waals surface area contributed by atoms with E-state index in [2.05, 4.69) is 15.4 Å². The number of nitrogens with zero attached hydrogens (tertiary/aromatic N) is 3. The maximum atomic E-state index is 12.5. The minimum absolute atomic E-state index is 0.109. The SMILES string of the molecule is Cc1noc(C)c1CN1CCC[C@@H]([C@@]2(C)NC(=O)N(C)C2=O)C1. The largest absolute Gasteiger partial charge is 0.361 e. The van der Waals surface area contributed by atoms with Gasteiger partial charge in [-0.2, -0.15) is 0 Å². The van der Waals surface area contributed by atoms with E-state index in [4.69, 9.17) is 4.52 Å². The standard InChI is InChI=1S/C16H24N4O3/c1-10-13(11(2)23-18-10)9-20-7-5-6-12(8-20)16(3)14(21)19(4)15(22)17-16/h12H,5-9H2,1-4H3,(H,17,22)/t12-,16-/m1/s1. The van der Waals surface area contributed by atoms with Gasteiger partial charge in [0.25, 0.3) is 5.91 Å². The smallest absolute Gasteiger partial charge is 0.324 e. The number of aromatic nitrogens is 1. The van der Waals surface area contributed by atoms with Crippen LogP contribution in [0.2, 0.25) is 0 Å². The van der Waals surface area contributed by atoms with E-state index in [1.165, 1.54) is 11.9 Å². The average molecular weight is 320 g/mol. The summed E-state index contributed by atoms with van der Waals surface area (Å²) in [6.07, 6.45) is 1.95. The van der Waals surface area contributed by atoms with Gasteiger partial charge in [-0.15, -0.1) is 0 Å². The van der Waals surface area contributed by atoms with Crippen LogP contribution in [0.25, 0.3) is 0 Å². The van der Waals surface area contributed by atoms with Gasteiger partial charge >= 0.3 is 6.03 Å². The monoisotopic (exact) mass is 320 g/mol. The highest BCUT2D eigenvalue weighted by molar-refractivity contribution is 6.06. The van der Waals surface area contributed by atoms with E-state index in [0.29, 0.717) is 0 Å². The molecule has 2 fully saturated rings. The van der Waals surface area contributed by atoms with Crippen LogP contribution in [-0.2, 0) is 11.3 Å². The van der Waals surface area contributed by atoms with Gasteiger partial charge < -0.3 is 9.84 Å². The summed E-state index contributed by atoms with van der Waals surface area (Å²) >= 11 is 0. The lowest BCUT2D eigenvalue weighted by Crippen LogP contribution is -2.55. The summed E-state index contributed by atoms with van der Waals surface area (Å²) in [7, 11) is 1.54. The first-order chi connectivity index (χ1) is 10.8. The number of aryl methyl sites for hydroxylation is 2. The van der Waals surface area contributed by atoms with Crippen molar-refractivity contribution in [3.63, 3.8) is 0 Å². The van der Waals surface area contributed by atoms with Crippen LogP contribution in [0.3, 0.4) is 0 Å². The molecular weight excluding hydrogens is 296 g/mol. The van der Waals surface area contributed by atoms with E-state index >= 15 is 0 Å². The minimum atomic E-state index is -0.802. The molecule has 1 aromatic rings. The number of urea groups is 1. The summed E-state index contributed by atoms with van der Waals surface area (Å²) in [5.74, 6) is 0.825. The van der Waals surface area contributed by atoms with Crippen LogP contribution in [0.4, 0.5) is 4.79 Å². The van der Waals surface area contributed by atoms with Crippen LogP contribution in [0.5, 0.6) is 0 Å². The van der Waals surface area contributed by atoms with Crippen molar-refractivity contribution in [1.82, 2.24) is 20.3 Å². The van der Waals surface area contributed by atoms with Crippen LogP contribution in [0, 0.1) is 19.8 Å². The summed E-state index contributed by atoms with van der Waals surface area (Å²) in [4.78, 5) is 27.8. The Kier molecular flexibility index (Phi) is 3.91. The molecule has 3 amide bonds. The second kappa shape index (κ2) is 5.63. The Hall–Kier alpha value is -1.89. The summed E-state index contributed by atoms with van der Waals surface area (Å²) in [5.41, 5.74) is 1.24. The number of hydrogen-bond donors (Lipinski definition) is 1. The number of carbonyl (C=O) groups excluding carboxylic acids is 2. The van der Waals surface area contributed by atoms with Crippen molar-refractivity contribution >= 4 is 11.9 Å². The lowest BCUT2D eigenvalue weighted by Gasteiger charge is -2.39. The lowest BCUT2D eigenvalue weighted by atomic mass is 9.80. The number of likely N-dealkylation sites (N-methyl/N-ethyl adjacent to an activating group) is 1. The first-order valence-electron chi connectivity index (χ1n) is 8.07. The third-order valence-corrected chi connectivity index (χ3v) is 5.31. The number of amides is 3. The quantitative estimate of drug-likeness (QED) is 0.853. The summed E-state index contributed by atoms with van der Waals surface area (Å²) in [5, 5.41) is 6.89. The third-order valence-electron chi connectivity index (χ3n) is 5.31. The van der Waals surface area contributed by atoms with E-state index in [0.717, 1.165) is 49.5 Å². The molecule has 1 aromatic heterocycles. The van der Waals surface area contributed by atoms with Gasteiger partial charge in [-0.3, -0.25) is 14.6 Å². The molecule has 2 atom stereocenters. The molecule has 0 saturated carbocycles. The first-order valence-corrected chi connectivity index (χ1v) is 8.07. The summed E-state index contributed by atoms with van der Waals surface area (Å²) < 4.78 is 5.23. The van der Waals surface area contributed by atoms with Gasteiger partial charge in [0.1, 0.15) is 11.3 Å². The molecule has 0 spiro atoms. The number of hydrogen-bond acceptors (Lipinski definition) is 5. The number of imide groups is 1. The van der Waals surface area contributed by atoms with Crippen molar-refractivity contribution in [2.24, 2.45) is 5.92 Å². The number of piperidine rings is 1. The van der Waals surface area contributed by atoms with E-state index < -0.39 is 5.54 Å². The fraction of sp³-hybridized carbons (Fsp3) is 0.688. The second-order valence-corrected chi connectivity index (χ2v) is 6.87. The summed E-state index contributed by atoms with van der Waals surface area (Å²) in [6.45, 7) is 8.25. The Morgan fingerprint density at radius 2 is 2.13 bits per heavy atom. The third kappa shape index (κ3) is 2.63. The average Bonchev–Trinajstić information content (AvgIpc) is 2.94. The van der Waals surface area contributed by atoms with Crippen LogP contribution in [0.15, 0.2) is 4.52 Å². The zero-order valence-electron chi connectivity index (χ0n) is 14.2. The van der Waals surface area contributed by atoms with Crippen molar-refractivity contribution in [1.29, 1.82) is 0 Å². The molecule has 0 unspecified atom stereocenters. The highest BCUT2D eigenvalue weighted by atomic mass is 16.5. The van der Waals surface area contributed by atoms with Crippen LogP contribution in [-0.4, -0.2) is 52.6 Å². The molecular formula is C16H24N4O3. The Bertz CT molecular complexity index is 622. The highest BCUT2D eigenvalue weighted by Crippen LogP contribution is 2.32. The van der Waals surface area contributed by atoms with Crippen molar-refractivity contribution in [2.75, 3.05) is 20.1 Å². The van der Waals surface area contributed by atoms with Gasteiger partial charge in [0.15, 0.2) is 0 Å². The predicted molar refractivity (Wildman–Crippen MR) is 83.7 cm³/mol. The van der Waals surface area contributed by atoms with Gasteiger partial charge in [0.05, 0.1) is 5.69 Å². The molecule has 2 saturated heterocycles. The van der Waals surface area contributed by atoms with Gasteiger partial charge in [0, 0.05) is 31.6 Å². The molecule has 7 nitrogen and oxygen atoms in total. The highest BCUT2D eigenvalue weighted by Gasteiger charge is 2.51. The maximum absolute atomic E-state index is 12.5. The van der Waals surface area contributed by atoms with Crippen LogP contribution >= 0.6 is 0 Å².